The molecule has 0 saturated heterocycles. The van der Waals surface area contributed by atoms with Gasteiger partial charge >= 0.3 is 12.1 Å². The van der Waals surface area contributed by atoms with E-state index in [1.54, 1.807) is 49.4 Å². The van der Waals surface area contributed by atoms with Crippen molar-refractivity contribution in [2.45, 2.75) is 13.3 Å². The summed E-state index contributed by atoms with van der Waals surface area (Å²) in [5.74, 6) is -0.283. The van der Waals surface area contributed by atoms with Gasteiger partial charge in [-0.1, -0.05) is 18.2 Å². The first kappa shape index (κ1) is 18.3. The van der Waals surface area contributed by atoms with Crippen LogP contribution in [0.25, 0.3) is 0 Å². The van der Waals surface area contributed by atoms with Crippen LogP contribution in [0.3, 0.4) is 0 Å². The molecule has 0 aliphatic carbocycles. The molecule has 0 atom stereocenters. The maximum absolute atomic E-state index is 13.5. The SMILES string of the molecule is CCOC(=O)Nc1ccc(NC(=O)NCCc2ccccc2F)cc1. The maximum atomic E-state index is 13.5. The molecule has 0 unspecified atom stereocenters. The number of nitrogens with one attached hydrogen (secondary N) is 3. The second-order valence-electron chi connectivity index (χ2n) is 5.15. The first-order valence-electron chi connectivity index (χ1n) is 7.90. The minimum absolute atomic E-state index is 0.283. The van der Waals surface area contributed by atoms with Crippen molar-refractivity contribution in [1.29, 1.82) is 0 Å². The summed E-state index contributed by atoms with van der Waals surface area (Å²) >= 11 is 0. The van der Waals surface area contributed by atoms with Crippen LogP contribution in [-0.2, 0) is 11.2 Å². The lowest BCUT2D eigenvalue weighted by Gasteiger charge is -2.09. The summed E-state index contributed by atoms with van der Waals surface area (Å²) in [5, 5.41) is 7.88. The van der Waals surface area contributed by atoms with E-state index in [9.17, 15) is 14.0 Å². The van der Waals surface area contributed by atoms with Gasteiger partial charge in [0.1, 0.15) is 5.82 Å². The van der Waals surface area contributed by atoms with Crippen LogP contribution < -0.4 is 16.0 Å². The zero-order valence-corrected chi connectivity index (χ0v) is 13.8. The Morgan fingerprint density at radius 2 is 1.64 bits per heavy atom. The largest absolute Gasteiger partial charge is 0.450 e. The van der Waals surface area contributed by atoms with Gasteiger partial charge < -0.3 is 15.4 Å². The number of halogens is 1. The van der Waals surface area contributed by atoms with Gasteiger partial charge in [-0.2, -0.15) is 0 Å². The Kier molecular flexibility index (Phi) is 6.76. The highest BCUT2D eigenvalue weighted by Crippen LogP contribution is 2.13. The number of rotatable bonds is 6. The van der Waals surface area contributed by atoms with Gasteiger partial charge in [0, 0.05) is 17.9 Å². The van der Waals surface area contributed by atoms with Gasteiger partial charge in [-0.25, -0.2) is 14.0 Å². The fraction of sp³-hybridized carbons (Fsp3) is 0.222. The number of hydrogen-bond acceptors (Lipinski definition) is 3. The first-order valence-corrected chi connectivity index (χ1v) is 7.90. The van der Waals surface area contributed by atoms with Crippen LogP contribution in [-0.4, -0.2) is 25.3 Å². The first-order chi connectivity index (χ1) is 12.1. The van der Waals surface area contributed by atoms with E-state index in [0.29, 0.717) is 36.5 Å². The van der Waals surface area contributed by atoms with Crippen molar-refractivity contribution in [1.82, 2.24) is 5.32 Å². The topological polar surface area (TPSA) is 79.5 Å². The van der Waals surface area contributed by atoms with Gasteiger partial charge in [-0.05, 0) is 49.2 Å². The average Bonchev–Trinajstić information content (AvgIpc) is 2.58. The van der Waals surface area contributed by atoms with E-state index in [4.69, 9.17) is 4.74 Å². The van der Waals surface area contributed by atoms with Crippen LogP contribution in [0.2, 0.25) is 0 Å². The van der Waals surface area contributed by atoms with Gasteiger partial charge in [-0.15, -0.1) is 0 Å². The van der Waals surface area contributed by atoms with E-state index < -0.39 is 6.09 Å². The molecule has 0 bridgehead atoms. The number of ether oxygens (including phenoxy) is 1. The van der Waals surface area contributed by atoms with E-state index >= 15 is 0 Å². The van der Waals surface area contributed by atoms with E-state index in [-0.39, 0.29) is 11.8 Å². The summed E-state index contributed by atoms with van der Waals surface area (Å²) in [4.78, 5) is 23.1. The Morgan fingerprint density at radius 3 is 2.28 bits per heavy atom. The van der Waals surface area contributed by atoms with Crippen LogP contribution in [0.5, 0.6) is 0 Å². The van der Waals surface area contributed by atoms with Crippen LogP contribution in [0, 0.1) is 5.82 Å². The molecule has 3 amide bonds. The van der Waals surface area contributed by atoms with Crippen molar-refractivity contribution in [2.75, 3.05) is 23.8 Å². The lowest BCUT2D eigenvalue weighted by Crippen LogP contribution is -2.30. The fourth-order valence-corrected chi connectivity index (χ4v) is 2.11. The van der Waals surface area contributed by atoms with Crippen LogP contribution in [0.1, 0.15) is 12.5 Å². The predicted octanol–water partition coefficient (Wildman–Crippen LogP) is 3.76. The molecule has 3 N–H and O–H groups in total. The summed E-state index contributed by atoms with van der Waals surface area (Å²) in [6.07, 6.45) is -0.128. The van der Waals surface area contributed by atoms with E-state index in [1.807, 2.05) is 0 Å². The van der Waals surface area contributed by atoms with E-state index in [0.717, 1.165) is 0 Å². The standard InChI is InChI=1S/C18H20FN3O3/c1-2-25-18(24)22-15-9-7-14(8-10-15)21-17(23)20-12-11-13-5-3-4-6-16(13)19/h3-10H,2,11-12H2,1H3,(H,22,24)(H2,20,21,23). The summed E-state index contributed by atoms with van der Waals surface area (Å²) in [7, 11) is 0. The van der Waals surface area contributed by atoms with Crippen molar-refractivity contribution >= 4 is 23.5 Å². The minimum Gasteiger partial charge on any atom is -0.450 e. The minimum atomic E-state index is -0.533. The number of urea groups is 1. The lowest BCUT2D eigenvalue weighted by molar-refractivity contribution is 0.168. The monoisotopic (exact) mass is 345 g/mol. The van der Waals surface area contributed by atoms with Crippen molar-refractivity contribution < 1.29 is 18.7 Å². The average molecular weight is 345 g/mol. The van der Waals surface area contributed by atoms with Crippen molar-refractivity contribution in [3.05, 3.63) is 59.9 Å². The summed E-state index contributed by atoms with van der Waals surface area (Å²) in [6, 6.07) is 12.7. The molecule has 0 aromatic heterocycles. The molecule has 0 spiro atoms. The van der Waals surface area contributed by atoms with Gasteiger partial charge in [0.15, 0.2) is 0 Å². The van der Waals surface area contributed by atoms with Crippen LogP contribution in [0.15, 0.2) is 48.5 Å². The van der Waals surface area contributed by atoms with Gasteiger partial charge in [0.05, 0.1) is 6.61 Å². The van der Waals surface area contributed by atoms with Crippen LogP contribution >= 0.6 is 0 Å². The number of hydrogen-bond donors (Lipinski definition) is 3. The van der Waals surface area contributed by atoms with Crippen molar-refractivity contribution in [3.63, 3.8) is 0 Å². The highest BCUT2D eigenvalue weighted by atomic mass is 19.1. The lowest BCUT2D eigenvalue weighted by atomic mass is 10.1. The number of amides is 3. The Morgan fingerprint density at radius 1 is 1.00 bits per heavy atom. The highest BCUT2D eigenvalue weighted by molar-refractivity contribution is 5.90. The van der Waals surface area contributed by atoms with Gasteiger partial charge in [0.25, 0.3) is 0 Å². The number of carbonyl (C=O) groups is 2. The molecule has 2 aromatic carbocycles. The molecule has 2 rings (SSSR count). The molecule has 0 saturated carbocycles. The Hall–Kier alpha value is -3.09. The molecular formula is C18H20FN3O3. The molecule has 0 radical (unpaired) electrons. The van der Waals surface area contributed by atoms with Crippen molar-refractivity contribution in [2.24, 2.45) is 0 Å². The normalized spacial score (nSPS) is 10.0. The smallest absolute Gasteiger partial charge is 0.411 e. The number of anilines is 2. The van der Waals surface area contributed by atoms with Crippen LogP contribution in [0.4, 0.5) is 25.4 Å². The molecule has 132 valence electrons. The molecule has 6 nitrogen and oxygen atoms in total. The second kappa shape index (κ2) is 9.27. The molecular weight excluding hydrogens is 325 g/mol. The number of carbonyl (C=O) groups excluding carboxylic acids is 2. The van der Waals surface area contributed by atoms with Gasteiger partial charge in [-0.3, -0.25) is 5.32 Å². The molecule has 7 heteroatoms. The highest BCUT2D eigenvalue weighted by Gasteiger charge is 2.05. The molecule has 0 aliphatic heterocycles. The van der Waals surface area contributed by atoms with Gasteiger partial charge in [0.2, 0.25) is 0 Å². The zero-order valence-electron chi connectivity index (χ0n) is 13.8. The fourth-order valence-electron chi connectivity index (χ4n) is 2.11. The molecule has 0 heterocycles. The third kappa shape index (κ3) is 6.14. The van der Waals surface area contributed by atoms with Crippen molar-refractivity contribution in [3.8, 4) is 0 Å². The Bertz CT molecular complexity index is 720. The summed E-state index contributed by atoms with van der Waals surface area (Å²) in [5.41, 5.74) is 1.68. The predicted molar refractivity (Wildman–Crippen MR) is 94.2 cm³/mol. The quantitative estimate of drug-likeness (QED) is 0.746. The molecule has 0 fully saturated rings. The Balaban J connectivity index is 1.76. The van der Waals surface area contributed by atoms with E-state index in [2.05, 4.69) is 16.0 Å². The summed E-state index contributed by atoms with van der Waals surface area (Å²) < 4.78 is 18.2. The third-order valence-electron chi connectivity index (χ3n) is 3.30. The maximum Gasteiger partial charge on any atom is 0.411 e. The molecule has 0 aliphatic rings. The van der Waals surface area contributed by atoms with E-state index in [1.165, 1.54) is 6.07 Å². The zero-order chi connectivity index (χ0) is 18.1. The summed E-state index contributed by atoms with van der Waals surface area (Å²) in [6.45, 7) is 2.32. The second-order valence-corrected chi connectivity index (χ2v) is 5.15. The number of benzene rings is 2. The Labute approximate surface area is 145 Å². The molecule has 2 aromatic rings. The third-order valence-corrected chi connectivity index (χ3v) is 3.30. The molecule has 25 heavy (non-hydrogen) atoms.